The monoisotopic (exact) mass is 368 g/mol. The molecule has 0 bridgehead atoms. The number of aliphatic imine (C=N–C) groups is 1. The Hall–Kier alpha value is -3.74. The molecule has 7 heteroatoms. The van der Waals surface area contributed by atoms with Crippen LogP contribution >= 0.6 is 0 Å². The van der Waals surface area contributed by atoms with Crippen LogP contribution in [-0.2, 0) is 13.0 Å². The average molecular weight is 368 g/mol. The molecule has 4 heterocycles. The van der Waals surface area contributed by atoms with Gasteiger partial charge in [0.1, 0.15) is 12.7 Å². The number of hydrogen-bond acceptors (Lipinski definition) is 5. The van der Waals surface area contributed by atoms with Crippen molar-refractivity contribution in [1.29, 1.82) is 0 Å². The van der Waals surface area contributed by atoms with E-state index < -0.39 is 0 Å². The molecule has 0 unspecified atom stereocenters. The number of anilines is 1. The van der Waals surface area contributed by atoms with E-state index in [-0.39, 0.29) is 0 Å². The van der Waals surface area contributed by atoms with Gasteiger partial charge in [-0.3, -0.25) is 4.98 Å². The normalized spacial score (nSPS) is 12.1. The van der Waals surface area contributed by atoms with Crippen molar-refractivity contribution in [3.8, 4) is 0 Å². The lowest BCUT2D eigenvalue weighted by Crippen LogP contribution is -2.07. The zero-order chi connectivity index (χ0) is 18.8. The Balaban J connectivity index is 1.36. The number of fused-ring (bicyclic) bond motifs is 2. The lowest BCUT2D eigenvalue weighted by molar-refractivity contribution is 0.801. The fraction of sp³-hybridized carbons (Fsp3) is 0.143. The van der Waals surface area contributed by atoms with Crippen molar-refractivity contribution >= 4 is 34.6 Å². The van der Waals surface area contributed by atoms with E-state index in [1.165, 1.54) is 29.1 Å². The van der Waals surface area contributed by atoms with Crippen LogP contribution in [0.4, 0.5) is 17.3 Å². The van der Waals surface area contributed by atoms with E-state index in [0.29, 0.717) is 11.5 Å². The predicted molar refractivity (Wildman–Crippen MR) is 109 cm³/mol. The minimum Gasteiger partial charge on any atom is -0.368 e. The maximum Gasteiger partial charge on any atom is 0.185 e. The largest absolute Gasteiger partial charge is 0.368 e. The molecule has 0 fully saturated rings. The van der Waals surface area contributed by atoms with Gasteiger partial charge in [0.2, 0.25) is 0 Å². The van der Waals surface area contributed by atoms with E-state index in [0.717, 1.165) is 31.0 Å². The van der Waals surface area contributed by atoms with Gasteiger partial charge in [-0.25, -0.2) is 20.3 Å². The van der Waals surface area contributed by atoms with Gasteiger partial charge < -0.3 is 9.88 Å². The van der Waals surface area contributed by atoms with Gasteiger partial charge in [-0.05, 0) is 30.2 Å². The van der Waals surface area contributed by atoms with Crippen LogP contribution in [-0.4, -0.2) is 32.4 Å². The number of aromatic nitrogens is 4. The molecular weight excluding hydrogens is 350 g/mol. The van der Waals surface area contributed by atoms with Crippen molar-refractivity contribution in [3.05, 3.63) is 72.4 Å². The third-order valence-electron chi connectivity index (χ3n) is 4.79. The number of pyridine rings is 1. The fourth-order valence-electron chi connectivity index (χ4n) is 3.49. The summed E-state index contributed by atoms with van der Waals surface area (Å²) in [5, 5.41) is 8.75. The summed E-state index contributed by atoms with van der Waals surface area (Å²) in [5.41, 5.74) is 4.26. The maximum atomic E-state index is 4.46. The number of hydrogen-bond donors (Lipinski definition) is 1. The quantitative estimate of drug-likeness (QED) is 0.565. The van der Waals surface area contributed by atoms with Gasteiger partial charge in [-0.1, -0.05) is 24.3 Å². The van der Waals surface area contributed by atoms with Gasteiger partial charge in [0.05, 0.1) is 12.2 Å². The lowest BCUT2D eigenvalue weighted by atomic mass is 10.1. The molecule has 1 N–H and O–H groups in total. The smallest absolute Gasteiger partial charge is 0.185 e. The summed E-state index contributed by atoms with van der Waals surface area (Å²) in [7, 11) is 0. The van der Waals surface area contributed by atoms with Crippen molar-refractivity contribution in [2.75, 3.05) is 11.9 Å². The molecule has 0 saturated heterocycles. The van der Waals surface area contributed by atoms with Gasteiger partial charge in [0.25, 0.3) is 0 Å². The number of nitrogens with zero attached hydrogens (tertiary/aromatic N) is 6. The van der Waals surface area contributed by atoms with Crippen LogP contribution in [0.2, 0.25) is 0 Å². The second-order valence-corrected chi connectivity index (χ2v) is 6.57. The van der Waals surface area contributed by atoms with E-state index in [2.05, 4.69) is 71.7 Å². The van der Waals surface area contributed by atoms with Gasteiger partial charge in [0, 0.05) is 29.8 Å². The molecule has 28 heavy (non-hydrogen) atoms. The summed E-state index contributed by atoms with van der Waals surface area (Å²) in [5.74, 6) is 1.34. The molecule has 4 aromatic rings. The standard InChI is InChI=1S/C21H18N7/c1-2-7-18-17(6-1)15(11-28(18)12-16-5-3-4-9-22-16)8-10-23-20-19-21(25-13-24-19)27-14-26-20/h1-7,9,11,13-14H,8,10,12H2,(H,23,26,27). The van der Waals surface area contributed by atoms with Crippen LogP contribution in [0.3, 0.4) is 0 Å². The fourth-order valence-corrected chi connectivity index (χ4v) is 3.49. The van der Waals surface area contributed by atoms with Crippen molar-refractivity contribution in [2.24, 2.45) is 4.99 Å². The molecule has 1 aliphatic heterocycles. The molecule has 137 valence electrons. The Bertz CT molecular complexity index is 1150. The number of benzene rings is 1. The third kappa shape index (κ3) is 3.07. The zero-order valence-corrected chi connectivity index (χ0v) is 15.2. The molecule has 0 amide bonds. The first kappa shape index (κ1) is 16.4. The first-order chi connectivity index (χ1) is 13.9. The lowest BCUT2D eigenvalue weighted by Gasteiger charge is -2.07. The van der Waals surface area contributed by atoms with Crippen molar-refractivity contribution < 1.29 is 0 Å². The topological polar surface area (TPSA) is 82.1 Å². The van der Waals surface area contributed by atoms with Crippen LogP contribution < -0.4 is 10.6 Å². The molecule has 0 aliphatic carbocycles. The molecule has 5 rings (SSSR count). The van der Waals surface area contributed by atoms with Crippen LogP contribution in [0, 0.1) is 0 Å². The molecule has 1 radical (unpaired) electrons. The summed E-state index contributed by atoms with van der Waals surface area (Å²) in [6, 6.07) is 14.5. The first-order valence-corrected chi connectivity index (χ1v) is 9.17. The number of para-hydroxylation sites is 1. The van der Waals surface area contributed by atoms with E-state index in [9.17, 15) is 0 Å². The molecule has 3 aromatic heterocycles. The Morgan fingerprint density at radius 2 is 1.89 bits per heavy atom. The summed E-state index contributed by atoms with van der Waals surface area (Å²) in [6.45, 7) is 1.50. The third-order valence-corrected chi connectivity index (χ3v) is 4.79. The van der Waals surface area contributed by atoms with Crippen molar-refractivity contribution in [3.63, 3.8) is 0 Å². The van der Waals surface area contributed by atoms with Crippen molar-refractivity contribution in [1.82, 2.24) is 24.8 Å². The minimum atomic E-state index is 0.615. The van der Waals surface area contributed by atoms with Crippen molar-refractivity contribution in [2.45, 2.75) is 13.0 Å². The number of rotatable bonds is 6. The van der Waals surface area contributed by atoms with Crippen LogP contribution in [0.5, 0.6) is 0 Å². The summed E-state index contributed by atoms with van der Waals surface area (Å²) in [6.07, 6.45) is 7.95. The number of nitrogens with one attached hydrogen (secondary N) is 1. The highest BCUT2D eigenvalue weighted by Crippen LogP contribution is 2.32. The Kier molecular flexibility index (Phi) is 4.17. The molecule has 1 aliphatic rings. The van der Waals surface area contributed by atoms with Crippen LogP contribution in [0.25, 0.3) is 10.9 Å². The highest BCUT2D eigenvalue weighted by atomic mass is 15.2. The Morgan fingerprint density at radius 1 is 0.964 bits per heavy atom. The first-order valence-electron chi connectivity index (χ1n) is 9.17. The van der Waals surface area contributed by atoms with Gasteiger partial charge in [-0.15, -0.1) is 0 Å². The molecule has 1 aromatic carbocycles. The Labute approximate surface area is 162 Å². The summed E-state index contributed by atoms with van der Waals surface area (Å²) in [4.78, 5) is 17.1. The van der Waals surface area contributed by atoms with Gasteiger partial charge in [-0.2, -0.15) is 0 Å². The van der Waals surface area contributed by atoms with Gasteiger partial charge >= 0.3 is 0 Å². The molecule has 0 atom stereocenters. The summed E-state index contributed by atoms with van der Waals surface area (Å²) < 4.78 is 2.26. The second-order valence-electron chi connectivity index (χ2n) is 6.57. The van der Waals surface area contributed by atoms with E-state index in [4.69, 9.17) is 0 Å². The summed E-state index contributed by atoms with van der Waals surface area (Å²) >= 11 is 0. The highest BCUT2D eigenvalue weighted by Gasteiger charge is 2.15. The molecular formula is C21H18N7. The SMILES string of the molecule is C1=Nc2c(ncnc2NCCc2cn(Cc3ccccn3)c3ccccc23)[N]1. The van der Waals surface area contributed by atoms with Crippen LogP contribution in [0.1, 0.15) is 11.3 Å². The zero-order valence-electron chi connectivity index (χ0n) is 15.2. The molecule has 0 spiro atoms. The van der Waals surface area contributed by atoms with E-state index in [1.54, 1.807) is 0 Å². The maximum absolute atomic E-state index is 4.46. The molecule has 7 nitrogen and oxygen atoms in total. The average Bonchev–Trinajstić information content (AvgIpc) is 3.35. The van der Waals surface area contributed by atoms with Gasteiger partial charge in [0.15, 0.2) is 17.3 Å². The van der Waals surface area contributed by atoms with E-state index >= 15 is 0 Å². The Morgan fingerprint density at radius 3 is 2.82 bits per heavy atom. The molecule has 0 saturated carbocycles. The predicted octanol–water partition coefficient (Wildman–Crippen LogP) is 3.44. The second kappa shape index (κ2) is 7.11. The minimum absolute atomic E-state index is 0.615. The van der Waals surface area contributed by atoms with E-state index in [1.807, 2.05) is 18.3 Å². The van der Waals surface area contributed by atoms with Crippen LogP contribution in [0.15, 0.2) is 66.2 Å². The highest BCUT2D eigenvalue weighted by molar-refractivity contribution is 5.86.